The molecule has 0 spiro atoms. The Morgan fingerprint density at radius 1 is 1.13 bits per heavy atom. The highest BCUT2D eigenvalue weighted by molar-refractivity contribution is 7.18. The highest BCUT2D eigenvalue weighted by atomic mass is 32.1. The third kappa shape index (κ3) is 4.85. The van der Waals surface area contributed by atoms with Crippen LogP contribution in [0.25, 0.3) is 0 Å². The van der Waals surface area contributed by atoms with Gasteiger partial charge in [-0.05, 0) is 43.2 Å². The van der Waals surface area contributed by atoms with Crippen molar-refractivity contribution in [2.75, 3.05) is 11.9 Å². The molecular weight excluding hydrogens is 400 g/mol. The second-order valence-electron chi connectivity index (χ2n) is 6.35. The quantitative estimate of drug-likeness (QED) is 0.547. The maximum absolute atomic E-state index is 12.7. The van der Waals surface area contributed by atoms with Gasteiger partial charge >= 0.3 is 5.97 Å². The molecule has 152 valence electrons. The fourth-order valence-corrected chi connectivity index (χ4v) is 3.82. The van der Waals surface area contributed by atoms with E-state index in [1.54, 1.807) is 38.1 Å². The minimum Gasteiger partial charge on any atom is -0.489 e. The maximum Gasteiger partial charge on any atom is 0.348 e. The Bertz CT molecular complexity index is 1100. The van der Waals surface area contributed by atoms with Crippen LogP contribution >= 0.6 is 11.3 Å². The number of carbonyl (C=O) groups excluding carboxylic acids is 2. The van der Waals surface area contributed by atoms with Gasteiger partial charge in [0.05, 0.1) is 12.2 Å². The number of hydrogen-bond acceptors (Lipinski definition) is 6. The molecule has 0 bridgehead atoms. The number of esters is 1. The molecule has 0 unspecified atom stereocenters. The van der Waals surface area contributed by atoms with Gasteiger partial charge in [-0.3, -0.25) is 4.79 Å². The lowest BCUT2D eigenvalue weighted by Gasteiger charge is -2.08. The predicted octanol–water partition coefficient (Wildman–Crippen LogP) is 4.94. The standard InChI is InChI=1S/C23H20N2O4S/c1-3-28-23(27)20-15(2)19(13-24)22(30-20)25-21(26)17-10-7-11-18(12-17)29-14-16-8-5-4-6-9-16/h4-12H,3,14H2,1-2H3,(H,25,26). The number of benzene rings is 2. The van der Waals surface area contributed by atoms with Crippen LogP contribution in [0.2, 0.25) is 0 Å². The number of nitrogens with one attached hydrogen (secondary N) is 1. The smallest absolute Gasteiger partial charge is 0.348 e. The van der Waals surface area contributed by atoms with Gasteiger partial charge in [-0.25, -0.2) is 4.79 Å². The van der Waals surface area contributed by atoms with Crippen LogP contribution in [-0.2, 0) is 11.3 Å². The topological polar surface area (TPSA) is 88.4 Å². The van der Waals surface area contributed by atoms with Crippen molar-refractivity contribution in [2.24, 2.45) is 0 Å². The summed E-state index contributed by atoms with van der Waals surface area (Å²) in [6.45, 7) is 3.99. The Hall–Kier alpha value is -3.63. The molecular formula is C23H20N2O4S. The van der Waals surface area contributed by atoms with E-state index in [0.29, 0.717) is 33.4 Å². The number of thiophene rings is 1. The number of rotatable bonds is 7. The van der Waals surface area contributed by atoms with Crippen LogP contribution in [0.3, 0.4) is 0 Å². The van der Waals surface area contributed by atoms with Crippen molar-refractivity contribution >= 4 is 28.2 Å². The molecule has 0 fully saturated rings. The van der Waals surface area contributed by atoms with Gasteiger partial charge < -0.3 is 14.8 Å². The van der Waals surface area contributed by atoms with Crippen LogP contribution < -0.4 is 10.1 Å². The van der Waals surface area contributed by atoms with Gasteiger partial charge in [0.15, 0.2) is 0 Å². The second kappa shape index (κ2) is 9.72. The molecule has 1 heterocycles. The summed E-state index contributed by atoms with van der Waals surface area (Å²) in [5.41, 5.74) is 2.16. The third-order valence-electron chi connectivity index (χ3n) is 4.29. The van der Waals surface area contributed by atoms with Crippen molar-refractivity contribution < 1.29 is 19.1 Å². The molecule has 0 radical (unpaired) electrons. The fraction of sp³-hybridized carbons (Fsp3) is 0.174. The Balaban J connectivity index is 1.75. The molecule has 6 nitrogen and oxygen atoms in total. The monoisotopic (exact) mass is 420 g/mol. The molecule has 0 saturated heterocycles. The summed E-state index contributed by atoms with van der Waals surface area (Å²) < 4.78 is 10.8. The lowest BCUT2D eigenvalue weighted by molar-refractivity contribution is 0.0531. The molecule has 1 N–H and O–H groups in total. The fourth-order valence-electron chi connectivity index (χ4n) is 2.77. The first-order valence-electron chi connectivity index (χ1n) is 9.32. The zero-order valence-electron chi connectivity index (χ0n) is 16.6. The highest BCUT2D eigenvalue weighted by Gasteiger charge is 2.22. The first kappa shape index (κ1) is 21.1. The molecule has 0 aliphatic heterocycles. The average molecular weight is 420 g/mol. The van der Waals surface area contributed by atoms with Crippen molar-refractivity contribution in [3.05, 3.63) is 81.7 Å². The molecule has 1 amide bonds. The number of hydrogen-bond donors (Lipinski definition) is 1. The lowest BCUT2D eigenvalue weighted by Crippen LogP contribution is -2.12. The number of nitrogens with zero attached hydrogens (tertiary/aromatic N) is 1. The zero-order chi connectivity index (χ0) is 21.5. The minimum atomic E-state index is -0.506. The number of ether oxygens (including phenoxy) is 2. The lowest BCUT2D eigenvalue weighted by atomic mass is 10.1. The first-order valence-corrected chi connectivity index (χ1v) is 10.1. The minimum absolute atomic E-state index is 0.232. The number of amides is 1. The summed E-state index contributed by atoms with van der Waals surface area (Å²) in [6.07, 6.45) is 0. The van der Waals surface area contributed by atoms with E-state index in [1.807, 2.05) is 30.3 Å². The van der Waals surface area contributed by atoms with Gasteiger partial charge in [-0.15, -0.1) is 11.3 Å². The van der Waals surface area contributed by atoms with Gasteiger partial charge in [0.25, 0.3) is 5.91 Å². The molecule has 0 aliphatic rings. The van der Waals surface area contributed by atoms with Crippen molar-refractivity contribution in [3.63, 3.8) is 0 Å². The SMILES string of the molecule is CCOC(=O)c1sc(NC(=O)c2cccc(OCc3ccccc3)c2)c(C#N)c1C. The van der Waals surface area contributed by atoms with Crippen molar-refractivity contribution in [1.82, 2.24) is 0 Å². The van der Waals surface area contributed by atoms with Gasteiger partial charge in [0.2, 0.25) is 0 Å². The predicted molar refractivity (Wildman–Crippen MR) is 115 cm³/mol. The molecule has 7 heteroatoms. The summed E-state index contributed by atoms with van der Waals surface area (Å²) in [5, 5.41) is 12.5. The Kier molecular flexibility index (Phi) is 6.83. The Labute approximate surface area is 178 Å². The second-order valence-corrected chi connectivity index (χ2v) is 7.37. The van der Waals surface area contributed by atoms with E-state index in [9.17, 15) is 14.9 Å². The molecule has 3 aromatic rings. The zero-order valence-corrected chi connectivity index (χ0v) is 17.4. The van der Waals surface area contributed by atoms with Crippen LogP contribution in [0.4, 0.5) is 5.00 Å². The van der Waals surface area contributed by atoms with E-state index < -0.39 is 11.9 Å². The molecule has 30 heavy (non-hydrogen) atoms. The van der Waals surface area contributed by atoms with Gasteiger partial charge in [-0.2, -0.15) is 5.26 Å². The Morgan fingerprint density at radius 3 is 2.60 bits per heavy atom. The van der Waals surface area contributed by atoms with E-state index in [-0.39, 0.29) is 12.2 Å². The van der Waals surface area contributed by atoms with E-state index in [1.165, 1.54) is 0 Å². The van der Waals surface area contributed by atoms with Crippen LogP contribution in [0.1, 0.15) is 43.6 Å². The van der Waals surface area contributed by atoms with Crippen LogP contribution in [0.15, 0.2) is 54.6 Å². The first-order chi connectivity index (χ1) is 14.5. The van der Waals surface area contributed by atoms with Gasteiger partial charge in [-0.1, -0.05) is 36.4 Å². The maximum atomic E-state index is 12.7. The Morgan fingerprint density at radius 2 is 1.90 bits per heavy atom. The molecule has 2 aromatic carbocycles. The van der Waals surface area contributed by atoms with E-state index >= 15 is 0 Å². The molecule has 0 atom stereocenters. The molecule has 1 aromatic heterocycles. The molecule has 0 aliphatic carbocycles. The van der Waals surface area contributed by atoms with E-state index in [2.05, 4.69) is 11.4 Å². The third-order valence-corrected chi connectivity index (χ3v) is 5.48. The highest BCUT2D eigenvalue weighted by Crippen LogP contribution is 2.33. The van der Waals surface area contributed by atoms with Crippen LogP contribution in [0.5, 0.6) is 5.75 Å². The largest absolute Gasteiger partial charge is 0.489 e. The summed E-state index contributed by atoms with van der Waals surface area (Å²) >= 11 is 1.03. The summed E-state index contributed by atoms with van der Waals surface area (Å²) in [5.74, 6) is -0.344. The van der Waals surface area contributed by atoms with Crippen molar-refractivity contribution in [2.45, 2.75) is 20.5 Å². The van der Waals surface area contributed by atoms with Crippen LogP contribution in [0, 0.1) is 18.3 Å². The number of anilines is 1. The van der Waals surface area contributed by atoms with Gasteiger partial charge in [0.1, 0.15) is 28.3 Å². The average Bonchev–Trinajstić information content (AvgIpc) is 3.08. The normalized spacial score (nSPS) is 10.2. The molecule has 3 rings (SSSR count). The van der Waals surface area contributed by atoms with Gasteiger partial charge in [0, 0.05) is 5.56 Å². The van der Waals surface area contributed by atoms with E-state index in [0.717, 1.165) is 16.9 Å². The number of nitriles is 1. The van der Waals surface area contributed by atoms with Crippen molar-refractivity contribution in [1.29, 1.82) is 5.26 Å². The molecule has 0 saturated carbocycles. The summed E-state index contributed by atoms with van der Waals surface area (Å²) in [4.78, 5) is 25.1. The van der Waals surface area contributed by atoms with Crippen molar-refractivity contribution in [3.8, 4) is 11.8 Å². The summed E-state index contributed by atoms with van der Waals surface area (Å²) in [6, 6.07) is 18.6. The van der Waals surface area contributed by atoms with E-state index in [4.69, 9.17) is 9.47 Å². The summed E-state index contributed by atoms with van der Waals surface area (Å²) in [7, 11) is 0. The van der Waals surface area contributed by atoms with Crippen LogP contribution in [-0.4, -0.2) is 18.5 Å². The number of carbonyl (C=O) groups is 2.